The molecule has 2 unspecified atom stereocenters. The number of nitrogens with zero attached hydrogens (tertiary/aromatic N) is 1. The molecular formula is C80H136NO8P. The second-order valence-corrected chi connectivity index (χ2v) is 26.6. The van der Waals surface area contributed by atoms with Crippen LogP contribution in [0.1, 0.15) is 296 Å². The first-order valence-electron chi connectivity index (χ1n) is 36.5. The summed E-state index contributed by atoms with van der Waals surface area (Å²) in [4.78, 5) is 38.1. The number of unbranched alkanes of at least 4 members (excludes halogenated alkanes) is 28. The molecule has 0 N–H and O–H groups in total. The van der Waals surface area contributed by atoms with Gasteiger partial charge < -0.3 is 27.9 Å². The molecule has 0 bridgehead atoms. The summed E-state index contributed by atoms with van der Waals surface area (Å²) in [6, 6.07) is 0. The summed E-state index contributed by atoms with van der Waals surface area (Å²) >= 11 is 0. The molecule has 0 saturated carbocycles. The van der Waals surface area contributed by atoms with Crippen LogP contribution < -0.4 is 4.89 Å². The van der Waals surface area contributed by atoms with E-state index in [-0.39, 0.29) is 32.0 Å². The summed E-state index contributed by atoms with van der Waals surface area (Å²) in [5.74, 6) is -0.861. The van der Waals surface area contributed by atoms with E-state index in [1.807, 2.05) is 21.1 Å². The lowest BCUT2D eigenvalue weighted by Gasteiger charge is -2.28. The number of ether oxygens (including phenoxy) is 2. The predicted molar refractivity (Wildman–Crippen MR) is 387 cm³/mol. The number of allylic oxidation sites excluding steroid dienone is 24. The lowest BCUT2D eigenvalue weighted by Crippen LogP contribution is -2.37. The molecule has 0 aromatic heterocycles. The van der Waals surface area contributed by atoms with Crippen LogP contribution in [0.3, 0.4) is 0 Å². The van der Waals surface area contributed by atoms with Gasteiger partial charge >= 0.3 is 11.9 Å². The van der Waals surface area contributed by atoms with E-state index in [2.05, 4.69) is 160 Å². The van der Waals surface area contributed by atoms with Gasteiger partial charge in [-0.05, 0) is 103 Å². The highest BCUT2D eigenvalue weighted by Gasteiger charge is 2.22. The molecule has 0 aromatic rings. The second-order valence-electron chi connectivity index (χ2n) is 25.2. The Morgan fingerprint density at radius 3 is 0.944 bits per heavy atom. The van der Waals surface area contributed by atoms with Crippen molar-refractivity contribution >= 4 is 19.8 Å². The molecule has 0 spiro atoms. The molecule has 0 rings (SSSR count). The van der Waals surface area contributed by atoms with Crippen LogP contribution >= 0.6 is 7.82 Å². The maximum absolute atomic E-state index is 12.9. The van der Waals surface area contributed by atoms with Crippen molar-refractivity contribution in [3.8, 4) is 0 Å². The number of hydrogen-bond acceptors (Lipinski definition) is 8. The SMILES string of the molecule is CC/C=C\C/C=C\C/C=C\C/C=C\C/C=C\C/C=C\C/C=C\C/C=C\C/C=C\C/C=C\C/C=C\C/C=C\CCCCCCC(=O)OC(COC(=O)CCCCCCCCCCCCCCCCCCCCCCCCCCC)COP(=O)([O-])OCC[N+](C)(C)C. The fourth-order valence-electron chi connectivity index (χ4n) is 9.82. The van der Waals surface area contributed by atoms with Crippen molar-refractivity contribution in [1.82, 2.24) is 0 Å². The van der Waals surface area contributed by atoms with Crippen molar-refractivity contribution in [3.05, 3.63) is 146 Å². The number of hydrogen-bond donors (Lipinski definition) is 0. The molecule has 514 valence electrons. The summed E-state index contributed by atoms with van der Waals surface area (Å²) in [7, 11) is 1.14. The van der Waals surface area contributed by atoms with Gasteiger partial charge in [0, 0.05) is 12.8 Å². The molecule has 0 aromatic carbocycles. The maximum Gasteiger partial charge on any atom is 0.306 e. The minimum atomic E-state index is -4.66. The highest BCUT2D eigenvalue weighted by atomic mass is 31.2. The normalized spacial score (nSPS) is 14.0. The van der Waals surface area contributed by atoms with E-state index in [4.69, 9.17) is 18.5 Å². The van der Waals surface area contributed by atoms with Crippen molar-refractivity contribution in [1.29, 1.82) is 0 Å². The van der Waals surface area contributed by atoms with E-state index in [9.17, 15) is 19.0 Å². The number of carbonyl (C=O) groups excluding carboxylic acids is 2. The Labute approximate surface area is 554 Å². The van der Waals surface area contributed by atoms with E-state index in [0.29, 0.717) is 17.4 Å². The van der Waals surface area contributed by atoms with Crippen LogP contribution in [0.5, 0.6) is 0 Å². The molecule has 0 fully saturated rings. The molecule has 90 heavy (non-hydrogen) atoms. The van der Waals surface area contributed by atoms with Crippen LogP contribution in [0.25, 0.3) is 0 Å². The Hall–Kier alpha value is -4.11. The third-order valence-electron chi connectivity index (χ3n) is 15.4. The number of phosphoric ester groups is 1. The van der Waals surface area contributed by atoms with E-state index >= 15 is 0 Å². The standard InChI is InChI=1S/C80H136NO8P/c1-6-8-10-12-14-16-18-20-22-24-26-28-30-32-33-34-35-36-37-38-39-40-41-42-43-44-45-46-47-49-51-53-55-57-59-61-63-65-67-69-71-73-80(83)89-78(77-88-90(84,85)87-75-74-81(3,4)5)76-86-79(82)72-70-68-66-64-62-60-58-56-54-52-50-48-31-29-27-25-23-21-19-17-15-13-11-9-7-2/h8,10,14,16,20,22,26,28,32-33,35-36,38-39,41-42,44-45,47,49,53,55,59,61,78H,6-7,9,11-13,15,17-19,21,23-25,27,29-31,34,37,40,43,46,48,50-52,54,56-58,60,62-77H2,1-5H3/b10-8-,16-14-,22-20-,28-26-,33-32-,36-35-,39-38-,42-41-,45-44-,49-47-,55-53-,61-59-. The Bertz CT molecular complexity index is 2030. The highest BCUT2D eigenvalue weighted by molar-refractivity contribution is 7.45. The number of phosphoric acid groups is 1. The zero-order valence-corrected chi connectivity index (χ0v) is 59.4. The first kappa shape index (κ1) is 85.9. The number of rotatable bonds is 66. The Morgan fingerprint density at radius 2 is 0.633 bits per heavy atom. The Morgan fingerprint density at radius 1 is 0.356 bits per heavy atom. The molecule has 0 aliphatic heterocycles. The summed E-state index contributed by atoms with van der Waals surface area (Å²) in [5.41, 5.74) is 0. The van der Waals surface area contributed by atoms with E-state index in [1.165, 1.54) is 141 Å². The maximum atomic E-state index is 12.9. The van der Waals surface area contributed by atoms with Gasteiger partial charge in [-0.1, -0.05) is 327 Å². The van der Waals surface area contributed by atoms with E-state index in [0.717, 1.165) is 122 Å². The molecule has 0 aliphatic rings. The molecule has 0 radical (unpaired) electrons. The van der Waals surface area contributed by atoms with Gasteiger partial charge in [0.2, 0.25) is 0 Å². The molecule has 10 heteroatoms. The van der Waals surface area contributed by atoms with Gasteiger partial charge in [-0.3, -0.25) is 14.2 Å². The van der Waals surface area contributed by atoms with Gasteiger partial charge in [0.15, 0.2) is 6.10 Å². The average Bonchev–Trinajstić information content (AvgIpc) is 3.62. The molecule has 0 saturated heterocycles. The average molecular weight is 1270 g/mol. The van der Waals surface area contributed by atoms with Crippen molar-refractivity contribution in [2.45, 2.75) is 302 Å². The summed E-state index contributed by atoms with van der Waals surface area (Å²) in [5, 5.41) is 0. The first-order valence-corrected chi connectivity index (χ1v) is 38.0. The predicted octanol–water partition coefficient (Wildman–Crippen LogP) is 23.5. The van der Waals surface area contributed by atoms with Crippen molar-refractivity contribution in [2.75, 3.05) is 47.5 Å². The molecule has 0 aliphatic carbocycles. The zero-order valence-electron chi connectivity index (χ0n) is 58.5. The van der Waals surface area contributed by atoms with Gasteiger partial charge in [0.1, 0.15) is 19.8 Å². The Kier molecular flexibility index (Phi) is 66.1. The van der Waals surface area contributed by atoms with Crippen LogP contribution in [0.2, 0.25) is 0 Å². The Balaban J connectivity index is 4.14. The largest absolute Gasteiger partial charge is 0.756 e. The summed E-state index contributed by atoms with van der Waals surface area (Å²) in [6.07, 6.45) is 102. The van der Waals surface area contributed by atoms with Crippen LogP contribution in [0.15, 0.2) is 146 Å². The molecule has 9 nitrogen and oxygen atoms in total. The van der Waals surface area contributed by atoms with Crippen LogP contribution in [0, 0.1) is 0 Å². The van der Waals surface area contributed by atoms with Crippen molar-refractivity contribution in [2.24, 2.45) is 0 Å². The van der Waals surface area contributed by atoms with Crippen LogP contribution in [0.4, 0.5) is 0 Å². The second kappa shape index (κ2) is 69.2. The van der Waals surface area contributed by atoms with Gasteiger partial charge in [0.05, 0.1) is 27.7 Å². The van der Waals surface area contributed by atoms with Gasteiger partial charge in [-0.25, -0.2) is 0 Å². The van der Waals surface area contributed by atoms with Gasteiger partial charge in [-0.2, -0.15) is 0 Å². The molecule has 0 heterocycles. The lowest BCUT2D eigenvalue weighted by atomic mass is 10.0. The number of carbonyl (C=O) groups is 2. The number of quaternary nitrogens is 1. The van der Waals surface area contributed by atoms with Gasteiger partial charge in [0.25, 0.3) is 7.82 Å². The fourth-order valence-corrected chi connectivity index (χ4v) is 10.5. The van der Waals surface area contributed by atoms with Gasteiger partial charge in [-0.15, -0.1) is 0 Å². The van der Waals surface area contributed by atoms with E-state index in [1.54, 1.807) is 0 Å². The highest BCUT2D eigenvalue weighted by Crippen LogP contribution is 2.38. The summed E-state index contributed by atoms with van der Waals surface area (Å²) in [6.45, 7) is 4.12. The van der Waals surface area contributed by atoms with Crippen molar-refractivity contribution < 1.29 is 42.1 Å². The van der Waals surface area contributed by atoms with Crippen LogP contribution in [-0.4, -0.2) is 70.0 Å². The van der Waals surface area contributed by atoms with Crippen molar-refractivity contribution in [3.63, 3.8) is 0 Å². The monoisotopic (exact) mass is 1270 g/mol. The smallest absolute Gasteiger partial charge is 0.306 e. The minimum Gasteiger partial charge on any atom is -0.756 e. The van der Waals surface area contributed by atoms with Crippen LogP contribution in [-0.2, 0) is 32.7 Å². The third kappa shape index (κ3) is 72.9. The topological polar surface area (TPSA) is 111 Å². The molecular weight excluding hydrogens is 1130 g/mol. The first-order chi connectivity index (χ1) is 44.0. The molecule has 0 amide bonds. The number of likely N-dealkylation sites (N-methyl/N-ethyl adjacent to an activating group) is 1. The quantitative estimate of drug-likeness (QED) is 0.0195. The molecule has 2 atom stereocenters. The number of esters is 2. The fraction of sp³-hybridized carbons (Fsp3) is 0.675. The van der Waals surface area contributed by atoms with E-state index < -0.39 is 26.5 Å². The zero-order chi connectivity index (χ0) is 65.5. The lowest BCUT2D eigenvalue weighted by molar-refractivity contribution is -0.870. The third-order valence-corrected chi connectivity index (χ3v) is 16.3. The summed E-state index contributed by atoms with van der Waals surface area (Å²) < 4.78 is 34.3. The minimum absolute atomic E-state index is 0.0418.